The quantitative estimate of drug-likeness (QED) is 0.563. The third-order valence-electron chi connectivity index (χ3n) is 1.49. The van der Waals surface area contributed by atoms with Crippen LogP contribution >= 0.6 is 23.1 Å². The molecule has 5 nitrogen and oxygen atoms in total. The number of nitrogens with one attached hydrogen (secondary N) is 1. The van der Waals surface area contributed by atoms with Crippen molar-refractivity contribution in [1.82, 2.24) is 15.5 Å². The van der Waals surface area contributed by atoms with E-state index in [1.54, 1.807) is 0 Å². The lowest BCUT2D eigenvalue weighted by Crippen LogP contribution is -2.26. The minimum Gasteiger partial charge on any atom is -0.396 e. The maximum Gasteiger partial charge on any atom is 0.230 e. The van der Waals surface area contributed by atoms with Crippen LogP contribution in [-0.2, 0) is 4.79 Å². The van der Waals surface area contributed by atoms with Gasteiger partial charge in [-0.15, -0.1) is 10.2 Å². The molecule has 1 amide bonds. The van der Waals surface area contributed by atoms with Gasteiger partial charge in [0.1, 0.15) is 5.01 Å². The summed E-state index contributed by atoms with van der Waals surface area (Å²) in [5.74, 6) is 0.307. The smallest absolute Gasteiger partial charge is 0.230 e. The molecular formula is C8H13N3O2S2. The molecule has 0 fully saturated rings. The normalized spacial score (nSPS) is 10.3. The molecule has 0 spiro atoms. The fourth-order valence-corrected chi connectivity index (χ4v) is 2.47. The number of carbonyl (C=O) groups excluding carboxylic acids is 1. The van der Waals surface area contributed by atoms with Gasteiger partial charge in [-0.2, -0.15) is 0 Å². The first-order valence-electron chi connectivity index (χ1n) is 4.53. The van der Waals surface area contributed by atoms with E-state index >= 15 is 0 Å². The molecule has 0 saturated heterocycles. The van der Waals surface area contributed by atoms with Crippen LogP contribution in [-0.4, -0.2) is 40.1 Å². The Hall–Kier alpha value is -0.660. The van der Waals surface area contributed by atoms with E-state index in [-0.39, 0.29) is 12.5 Å². The zero-order valence-corrected chi connectivity index (χ0v) is 10.0. The molecule has 1 aromatic rings. The minimum atomic E-state index is -0.0405. The third-order valence-corrected chi connectivity index (χ3v) is 3.46. The van der Waals surface area contributed by atoms with Crippen molar-refractivity contribution in [3.05, 3.63) is 5.01 Å². The summed E-state index contributed by atoms with van der Waals surface area (Å²) in [5, 5.41) is 19.9. The van der Waals surface area contributed by atoms with E-state index in [9.17, 15) is 4.79 Å². The average molecular weight is 247 g/mol. The summed E-state index contributed by atoms with van der Waals surface area (Å²) in [5.41, 5.74) is 0. The van der Waals surface area contributed by atoms with Gasteiger partial charge in [0.15, 0.2) is 4.34 Å². The van der Waals surface area contributed by atoms with Crippen molar-refractivity contribution in [1.29, 1.82) is 0 Å². The predicted molar refractivity (Wildman–Crippen MR) is 60.1 cm³/mol. The lowest BCUT2D eigenvalue weighted by atomic mass is 10.4. The number of rotatable bonds is 6. The molecule has 1 heterocycles. The van der Waals surface area contributed by atoms with Gasteiger partial charge < -0.3 is 10.4 Å². The number of carbonyl (C=O) groups is 1. The Bertz CT molecular complexity index is 317. The second-order valence-corrected chi connectivity index (χ2v) is 5.21. The summed E-state index contributed by atoms with van der Waals surface area (Å²) < 4.78 is 0.810. The molecule has 1 aromatic heterocycles. The van der Waals surface area contributed by atoms with Gasteiger partial charge in [0.2, 0.25) is 5.91 Å². The number of nitrogens with zero attached hydrogens (tertiary/aromatic N) is 2. The highest BCUT2D eigenvalue weighted by atomic mass is 32.2. The van der Waals surface area contributed by atoms with Gasteiger partial charge >= 0.3 is 0 Å². The summed E-state index contributed by atoms with van der Waals surface area (Å²) in [7, 11) is 0. The second-order valence-electron chi connectivity index (χ2n) is 2.80. The third kappa shape index (κ3) is 5.10. The van der Waals surface area contributed by atoms with Crippen LogP contribution < -0.4 is 5.32 Å². The van der Waals surface area contributed by atoms with Gasteiger partial charge in [-0.1, -0.05) is 23.1 Å². The van der Waals surface area contributed by atoms with Crippen LogP contribution in [0.15, 0.2) is 4.34 Å². The van der Waals surface area contributed by atoms with Crippen LogP contribution in [0.2, 0.25) is 0 Å². The van der Waals surface area contributed by atoms with Gasteiger partial charge in [-0.05, 0) is 13.3 Å². The summed E-state index contributed by atoms with van der Waals surface area (Å²) in [6, 6.07) is 0. The standard InChI is InChI=1S/C8H13N3O2S2/c1-6-10-11-8(15-6)14-5-7(13)9-3-2-4-12/h12H,2-5H2,1H3,(H,9,13). The molecule has 2 N–H and O–H groups in total. The lowest BCUT2D eigenvalue weighted by molar-refractivity contribution is -0.118. The Balaban J connectivity index is 2.16. The van der Waals surface area contributed by atoms with Gasteiger partial charge in [0, 0.05) is 13.2 Å². The molecule has 84 valence electrons. The van der Waals surface area contributed by atoms with Crippen molar-refractivity contribution >= 4 is 29.0 Å². The topological polar surface area (TPSA) is 75.1 Å². The van der Waals surface area contributed by atoms with Crippen LogP contribution in [0.25, 0.3) is 0 Å². The summed E-state index contributed by atoms with van der Waals surface area (Å²) in [6.45, 7) is 2.50. The molecule has 15 heavy (non-hydrogen) atoms. The van der Waals surface area contributed by atoms with Crippen LogP contribution in [0.5, 0.6) is 0 Å². The second kappa shape index (κ2) is 6.76. The SMILES string of the molecule is Cc1nnc(SCC(=O)NCCCO)s1. The molecular weight excluding hydrogens is 234 g/mol. The molecule has 1 rings (SSSR count). The van der Waals surface area contributed by atoms with Gasteiger partial charge in [-0.3, -0.25) is 4.79 Å². The Labute approximate surface area is 96.3 Å². The highest BCUT2D eigenvalue weighted by Gasteiger charge is 2.05. The summed E-state index contributed by atoms with van der Waals surface area (Å²) in [6.07, 6.45) is 0.592. The molecule has 0 bridgehead atoms. The van der Waals surface area contributed by atoms with Crippen LogP contribution in [0, 0.1) is 6.92 Å². The van der Waals surface area contributed by atoms with Gasteiger partial charge in [-0.25, -0.2) is 0 Å². The number of hydrogen-bond donors (Lipinski definition) is 2. The van der Waals surface area contributed by atoms with Crippen molar-refractivity contribution < 1.29 is 9.90 Å². The molecule has 0 aliphatic rings. The van der Waals surface area contributed by atoms with Crippen LogP contribution in [0.3, 0.4) is 0 Å². The highest BCUT2D eigenvalue weighted by molar-refractivity contribution is 8.01. The molecule has 7 heteroatoms. The van der Waals surface area contributed by atoms with Crippen LogP contribution in [0.1, 0.15) is 11.4 Å². The van der Waals surface area contributed by atoms with Gasteiger partial charge in [0.05, 0.1) is 5.75 Å². The van der Waals surface area contributed by atoms with Crippen molar-refractivity contribution in [2.24, 2.45) is 0 Å². The number of aryl methyl sites for hydroxylation is 1. The molecule has 0 radical (unpaired) electrons. The van der Waals surface area contributed by atoms with E-state index < -0.39 is 0 Å². The fourth-order valence-electron chi connectivity index (χ4n) is 0.822. The maximum atomic E-state index is 11.2. The number of amides is 1. The Morgan fingerprint density at radius 3 is 3.00 bits per heavy atom. The molecule has 0 aliphatic heterocycles. The number of aromatic nitrogens is 2. The summed E-state index contributed by atoms with van der Waals surface area (Å²) >= 11 is 2.86. The zero-order chi connectivity index (χ0) is 11.1. The van der Waals surface area contributed by atoms with E-state index in [0.29, 0.717) is 18.7 Å². The van der Waals surface area contributed by atoms with Crippen molar-refractivity contribution in [2.45, 2.75) is 17.7 Å². The van der Waals surface area contributed by atoms with E-state index in [1.807, 2.05) is 6.92 Å². The number of thioether (sulfide) groups is 1. The lowest BCUT2D eigenvalue weighted by Gasteiger charge is -2.01. The average Bonchev–Trinajstić information content (AvgIpc) is 2.62. The maximum absolute atomic E-state index is 11.2. The first kappa shape index (κ1) is 12.4. The van der Waals surface area contributed by atoms with E-state index in [2.05, 4.69) is 15.5 Å². The monoisotopic (exact) mass is 247 g/mol. The molecule has 0 unspecified atom stereocenters. The Kier molecular flexibility index (Phi) is 5.59. The molecule has 0 atom stereocenters. The Morgan fingerprint density at radius 1 is 1.60 bits per heavy atom. The van der Waals surface area contributed by atoms with Crippen LogP contribution in [0.4, 0.5) is 0 Å². The first-order valence-corrected chi connectivity index (χ1v) is 6.33. The minimum absolute atomic E-state index is 0.0405. The molecule has 0 aliphatic carbocycles. The number of aliphatic hydroxyl groups is 1. The van der Waals surface area contributed by atoms with Crippen molar-refractivity contribution in [3.63, 3.8) is 0 Å². The van der Waals surface area contributed by atoms with Crippen molar-refractivity contribution in [2.75, 3.05) is 18.9 Å². The number of hydrogen-bond acceptors (Lipinski definition) is 6. The fraction of sp³-hybridized carbons (Fsp3) is 0.625. The highest BCUT2D eigenvalue weighted by Crippen LogP contribution is 2.21. The predicted octanol–water partition coefficient (Wildman–Crippen LogP) is 0.437. The Morgan fingerprint density at radius 2 is 2.40 bits per heavy atom. The van der Waals surface area contributed by atoms with E-state index in [4.69, 9.17) is 5.11 Å². The van der Waals surface area contributed by atoms with Gasteiger partial charge in [0.25, 0.3) is 0 Å². The summed E-state index contributed by atoms with van der Waals surface area (Å²) in [4.78, 5) is 11.2. The largest absolute Gasteiger partial charge is 0.396 e. The molecule has 0 aromatic carbocycles. The van der Waals surface area contributed by atoms with Crippen molar-refractivity contribution in [3.8, 4) is 0 Å². The first-order chi connectivity index (χ1) is 7.22. The van der Waals surface area contributed by atoms with E-state index in [0.717, 1.165) is 9.35 Å². The molecule has 0 saturated carbocycles. The number of aliphatic hydroxyl groups excluding tert-OH is 1. The zero-order valence-electron chi connectivity index (χ0n) is 8.39. The van der Waals surface area contributed by atoms with E-state index in [1.165, 1.54) is 23.1 Å².